The molecule has 0 amide bonds. The number of esters is 1. The van der Waals surface area contributed by atoms with Gasteiger partial charge in [-0.15, -0.1) is 0 Å². The number of rotatable bonds is 9. The molecule has 0 radical (unpaired) electrons. The van der Waals surface area contributed by atoms with Gasteiger partial charge >= 0.3 is 11.9 Å². The van der Waals surface area contributed by atoms with E-state index in [9.17, 15) is 19.8 Å². The van der Waals surface area contributed by atoms with Gasteiger partial charge in [0, 0.05) is 36.5 Å². The largest absolute Gasteiger partial charge is 0.508 e. The zero-order valence-electron chi connectivity index (χ0n) is 17.6. The molecule has 0 aliphatic carbocycles. The maximum absolute atomic E-state index is 11.6. The Morgan fingerprint density at radius 2 is 1.43 bits per heavy atom. The van der Waals surface area contributed by atoms with Crippen molar-refractivity contribution in [3.63, 3.8) is 0 Å². The predicted octanol–water partition coefficient (Wildman–Crippen LogP) is 4.21. The molecule has 0 heterocycles. The smallest absolute Gasteiger partial charge is 0.306 e. The summed E-state index contributed by atoms with van der Waals surface area (Å²) in [5, 5.41) is 28.4. The van der Waals surface area contributed by atoms with Gasteiger partial charge in [-0.25, -0.2) is 0 Å². The predicted molar refractivity (Wildman–Crippen MR) is 109 cm³/mol. The number of hydrogen-bond donors (Lipinski definition) is 3. The molecule has 0 aliphatic heterocycles. The van der Waals surface area contributed by atoms with Crippen LogP contribution in [0.15, 0.2) is 36.4 Å². The fraction of sp³-hybridized carbons (Fsp3) is 0.391. The average molecular weight is 638 g/mol. The maximum Gasteiger partial charge on any atom is 0.306 e. The van der Waals surface area contributed by atoms with Crippen molar-refractivity contribution in [2.75, 3.05) is 6.61 Å². The minimum atomic E-state index is -1.03. The van der Waals surface area contributed by atoms with E-state index in [1.807, 2.05) is 38.1 Å². The molecule has 0 aliphatic rings. The SMILES string of the molecule is Cc1cc(C(C)(CCCOC(=O)CCC(=O)O)c2ccc(O)c(C)c2)ccc1O.[U]. The number of phenols is 2. The van der Waals surface area contributed by atoms with E-state index in [0.717, 1.165) is 22.3 Å². The Kier molecular flexibility index (Phi) is 9.93. The van der Waals surface area contributed by atoms with E-state index < -0.39 is 17.4 Å². The van der Waals surface area contributed by atoms with Crippen LogP contribution in [-0.2, 0) is 19.7 Å². The van der Waals surface area contributed by atoms with Crippen LogP contribution in [0.25, 0.3) is 0 Å². The van der Waals surface area contributed by atoms with Crippen molar-refractivity contribution in [3.05, 3.63) is 58.7 Å². The number of hydrogen-bond acceptors (Lipinski definition) is 5. The number of aromatic hydroxyl groups is 2. The van der Waals surface area contributed by atoms with Gasteiger partial charge in [0.05, 0.1) is 19.4 Å². The van der Waals surface area contributed by atoms with Crippen LogP contribution >= 0.6 is 0 Å². The molecule has 0 saturated heterocycles. The van der Waals surface area contributed by atoms with Gasteiger partial charge in [0.25, 0.3) is 0 Å². The van der Waals surface area contributed by atoms with E-state index in [4.69, 9.17) is 9.84 Å². The van der Waals surface area contributed by atoms with Gasteiger partial charge in [-0.2, -0.15) is 0 Å². The molecule has 0 aromatic heterocycles. The molecule has 0 saturated carbocycles. The Morgan fingerprint density at radius 1 is 0.933 bits per heavy atom. The zero-order chi connectivity index (χ0) is 21.6. The van der Waals surface area contributed by atoms with Gasteiger partial charge in [-0.3, -0.25) is 9.59 Å². The molecule has 0 atom stereocenters. The van der Waals surface area contributed by atoms with Crippen molar-refractivity contribution in [3.8, 4) is 11.5 Å². The monoisotopic (exact) mass is 638 g/mol. The molecule has 3 N–H and O–H groups in total. The van der Waals surface area contributed by atoms with E-state index in [1.54, 1.807) is 12.1 Å². The molecule has 2 aromatic rings. The fourth-order valence-corrected chi connectivity index (χ4v) is 3.35. The Hall–Kier alpha value is -1.97. The Morgan fingerprint density at radius 3 is 1.87 bits per heavy atom. The number of benzene rings is 2. The van der Waals surface area contributed by atoms with Crippen molar-refractivity contribution in [2.45, 2.75) is 51.9 Å². The summed E-state index contributed by atoms with van der Waals surface area (Å²) in [6.45, 7) is 5.95. The van der Waals surface area contributed by atoms with E-state index in [0.29, 0.717) is 12.8 Å². The molecule has 2 rings (SSSR count). The fourth-order valence-electron chi connectivity index (χ4n) is 3.35. The molecular weight excluding hydrogens is 610 g/mol. The first-order valence-corrected chi connectivity index (χ1v) is 9.61. The van der Waals surface area contributed by atoms with Crippen molar-refractivity contribution in [2.24, 2.45) is 0 Å². The van der Waals surface area contributed by atoms with Gasteiger partial charge in [-0.1, -0.05) is 31.2 Å². The normalized spacial score (nSPS) is 10.9. The van der Waals surface area contributed by atoms with Crippen LogP contribution in [0.3, 0.4) is 0 Å². The molecule has 0 fully saturated rings. The molecule has 30 heavy (non-hydrogen) atoms. The summed E-state index contributed by atoms with van der Waals surface area (Å²) in [4.78, 5) is 22.2. The molecule has 0 spiro atoms. The minimum Gasteiger partial charge on any atom is -0.508 e. The van der Waals surface area contributed by atoms with Gasteiger partial charge in [0.15, 0.2) is 0 Å². The molecule has 160 valence electrons. The van der Waals surface area contributed by atoms with E-state index in [1.165, 1.54) is 0 Å². The number of carboxylic acids is 1. The van der Waals surface area contributed by atoms with Crippen LogP contribution in [0.4, 0.5) is 0 Å². The first-order valence-electron chi connectivity index (χ1n) is 9.61. The van der Waals surface area contributed by atoms with Gasteiger partial charge < -0.3 is 20.1 Å². The summed E-state index contributed by atoms with van der Waals surface area (Å²) in [5.74, 6) is -1.09. The summed E-state index contributed by atoms with van der Waals surface area (Å²) < 4.78 is 5.16. The van der Waals surface area contributed by atoms with Crippen molar-refractivity contribution in [1.29, 1.82) is 0 Å². The van der Waals surface area contributed by atoms with Crippen LogP contribution in [-0.4, -0.2) is 33.9 Å². The van der Waals surface area contributed by atoms with E-state index in [-0.39, 0.29) is 62.1 Å². The number of carbonyl (C=O) groups is 2. The molecular formula is C23H28O6U. The summed E-state index contributed by atoms with van der Waals surface area (Å²) in [5.41, 5.74) is 3.13. The van der Waals surface area contributed by atoms with Gasteiger partial charge in [0.2, 0.25) is 0 Å². The molecule has 6 nitrogen and oxygen atoms in total. The van der Waals surface area contributed by atoms with Crippen LogP contribution < -0.4 is 0 Å². The zero-order valence-corrected chi connectivity index (χ0v) is 21.7. The topological polar surface area (TPSA) is 104 Å². The first-order chi connectivity index (χ1) is 13.6. The number of phenolic OH excluding ortho intramolecular Hbond substituents is 2. The standard InChI is InChI=1S/C23H28O6.U/c1-15-13-17(5-7-19(15)24)23(3,18-6-8-20(25)16(2)14-18)11-4-12-29-22(28)10-9-21(26)27;/h5-8,13-14,24-25H,4,9-12H2,1-3H3,(H,26,27);. The third kappa shape index (κ3) is 6.78. The Balaban J connectivity index is 0.00000450. The van der Waals surface area contributed by atoms with Crippen LogP contribution in [0.5, 0.6) is 11.5 Å². The second-order valence-corrected chi connectivity index (χ2v) is 7.55. The number of carboxylic acid groups (broad SMARTS) is 1. The van der Waals surface area contributed by atoms with E-state index in [2.05, 4.69) is 6.92 Å². The first kappa shape index (κ1) is 26.1. The average Bonchev–Trinajstić information content (AvgIpc) is 2.67. The van der Waals surface area contributed by atoms with Crippen LogP contribution in [0.2, 0.25) is 0 Å². The second-order valence-electron chi connectivity index (χ2n) is 7.55. The van der Waals surface area contributed by atoms with E-state index >= 15 is 0 Å². The van der Waals surface area contributed by atoms with Crippen molar-refractivity contribution in [1.82, 2.24) is 0 Å². The van der Waals surface area contributed by atoms with Crippen LogP contribution in [0, 0.1) is 45.0 Å². The number of carbonyl (C=O) groups excluding carboxylic acids is 1. The minimum absolute atomic E-state index is 0. The molecule has 0 unspecified atom stereocenters. The Bertz CT molecular complexity index is 842. The maximum atomic E-state index is 11.6. The summed E-state index contributed by atoms with van der Waals surface area (Å²) in [6.07, 6.45) is 0.861. The van der Waals surface area contributed by atoms with Gasteiger partial charge in [0.1, 0.15) is 11.5 Å². The number of ether oxygens (including phenoxy) is 1. The van der Waals surface area contributed by atoms with Crippen molar-refractivity contribution < 1.29 is 60.8 Å². The summed E-state index contributed by atoms with van der Waals surface area (Å²) in [6, 6.07) is 11.0. The number of aliphatic carboxylic acids is 1. The second kappa shape index (κ2) is 11.4. The van der Waals surface area contributed by atoms with Crippen LogP contribution in [0.1, 0.15) is 54.9 Å². The quantitative estimate of drug-likeness (QED) is 0.281. The Labute approximate surface area is 200 Å². The third-order valence-corrected chi connectivity index (χ3v) is 5.30. The van der Waals surface area contributed by atoms with Gasteiger partial charge in [-0.05, 0) is 61.1 Å². The summed E-state index contributed by atoms with van der Waals surface area (Å²) in [7, 11) is 0. The number of aryl methyl sites for hydroxylation is 2. The molecule has 2 aromatic carbocycles. The third-order valence-electron chi connectivity index (χ3n) is 5.30. The molecule has 0 bridgehead atoms. The summed E-state index contributed by atoms with van der Waals surface area (Å²) >= 11 is 0. The van der Waals surface area contributed by atoms with Crippen molar-refractivity contribution >= 4 is 11.9 Å². The molecule has 7 heteroatoms.